The molecule has 30 heavy (non-hydrogen) atoms. The quantitative estimate of drug-likeness (QED) is 0.568. The number of carbonyl (C=O) groups is 1. The molecule has 0 aliphatic rings. The standard InChI is InChI=1S/C22H20ClFN2O3S/c23-20-15-18(11-12-21(20)24)26(30(28,29)19-9-5-2-6-10-19)16-22(27)25-14-13-17-7-3-1-4-8-17/h1-12,15H,13-14,16H2,(H,25,27). The fraction of sp³-hybridized carbons (Fsp3) is 0.136. The van der Waals surface area contributed by atoms with Gasteiger partial charge < -0.3 is 5.32 Å². The molecule has 0 atom stereocenters. The summed E-state index contributed by atoms with van der Waals surface area (Å²) in [5.74, 6) is -1.16. The molecule has 0 radical (unpaired) electrons. The lowest BCUT2D eigenvalue weighted by Gasteiger charge is -2.24. The second-order valence-electron chi connectivity index (χ2n) is 6.51. The average molecular weight is 447 g/mol. The zero-order valence-corrected chi connectivity index (χ0v) is 17.5. The van der Waals surface area contributed by atoms with Gasteiger partial charge in [0.1, 0.15) is 12.4 Å². The summed E-state index contributed by atoms with van der Waals surface area (Å²) in [5, 5.41) is 2.50. The van der Waals surface area contributed by atoms with Gasteiger partial charge >= 0.3 is 0 Å². The van der Waals surface area contributed by atoms with E-state index in [9.17, 15) is 17.6 Å². The van der Waals surface area contributed by atoms with E-state index in [1.165, 1.54) is 24.3 Å². The Hall–Kier alpha value is -2.90. The van der Waals surface area contributed by atoms with Crippen LogP contribution in [0.2, 0.25) is 5.02 Å². The number of nitrogens with one attached hydrogen (secondary N) is 1. The molecule has 156 valence electrons. The smallest absolute Gasteiger partial charge is 0.264 e. The molecule has 0 saturated carbocycles. The molecule has 3 aromatic rings. The summed E-state index contributed by atoms with van der Waals surface area (Å²) in [7, 11) is -4.06. The lowest BCUT2D eigenvalue weighted by atomic mass is 10.1. The molecule has 0 spiro atoms. The highest BCUT2D eigenvalue weighted by molar-refractivity contribution is 7.92. The van der Waals surface area contributed by atoms with Gasteiger partial charge in [-0.1, -0.05) is 60.1 Å². The van der Waals surface area contributed by atoms with Crippen molar-refractivity contribution in [1.29, 1.82) is 0 Å². The van der Waals surface area contributed by atoms with Crippen molar-refractivity contribution in [2.75, 3.05) is 17.4 Å². The first-order valence-electron chi connectivity index (χ1n) is 9.21. The molecule has 5 nitrogen and oxygen atoms in total. The van der Waals surface area contributed by atoms with Crippen molar-refractivity contribution in [2.24, 2.45) is 0 Å². The van der Waals surface area contributed by atoms with E-state index in [0.717, 1.165) is 15.9 Å². The zero-order valence-electron chi connectivity index (χ0n) is 16.0. The number of hydrogen-bond donors (Lipinski definition) is 1. The van der Waals surface area contributed by atoms with Crippen molar-refractivity contribution in [3.63, 3.8) is 0 Å². The Bertz CT molecular complexity index is 1110. The third-order valence-electron chi connectivity index (χ3n) is 4.39. The summed E-state index contributed by atoms with van der Waals surface area (Å²) in [6.45, 7) is -0.111. The minimum absolute atomic E-state index is 0.0162. The number of halogens is 2. The van der Waals surface area contributed by atoms with E-state index in [0.29, 0.717) is 13.0 Å². The zero-order chi connectivity index (χ0) is 21.6. The lowest BCUT2D eigenvalue weighted by molar-refractivity contribution is -0.119. The maximum absolute atomic E-state index is 13.6. The van der Waals surface area contributed by atoms with Crippen LogP contribution >= 0.6 is 11.6 Å². The molecule has 0 bridgehead atoms. The van der Waals surface area contributed by atoms with Gasteiger partial charge in [0.2, 0.25) is 5.91 Å². The highest BCUT2D eigenvalue weighted by atomic mass is 35.5. The molecule has 1 N–H and O–H groups in total. The molecular weight excluding hydrogens is 427 g/mol. The molecule has 3 aromatic carbocycles. The molecule has 0 fully saturated rings. The van der Waals surface area contributed by atoms with Crippen LogP contribution < -0.4 is 9.62 Å². The van der Waals surface area contributed by atoms with Gasteiger partial charge in [-0.3, -0.25) is 9.10 Å². The minimum atomic E-state index is -4.06. The Balaban J connectivity index is 1.80. The van der Waals surface area contributed by atoms with Crippen molar-refractivity contribution >= 4 is 33.2 Å². The van der Waals surface area contributed by atoms with Crippen LogP contribution in [0.1, 0.15) is 5.56 Å². The van der Waals surface area contributed by atoms with E-state index in [-0.39, 0.29) is 15.6 Å². The Labute approximate surface area is 180 Å². The first-order chi connectivity index (χ1) is 14.4. The summed E-state index contributed by atoms with van der Waals surface area (Å²) in [6.07, 6.45) is 0.611. The molecular formula is C22H20ClFN2O3S. The fourth-order valence-electron chi connectivity index (χ4n) is 2.85. The van der Waals surface area contributed by atoms with Crippen LogP contribution in [0.5, 0.6) is 0 Å². The maximum atomic E-state index is 13.6. The topological polar surface area (TPSA) is 66.5 Å². The summed E-state index contributed by atoms with van der Waals surface area (Å²) in [4.78, 5) is 12.5. The summed E-state index contributed by atoms with van der Waals surface area (Å²) < 4.78 is 40.9. The van der Waals surface area contributed by atoms with E-state index in [2.05, 4.69) is 5.32 Å². The summed E-state index contributed by atoms with van der Waals surface area (Å²) in [5.41, 5.74) is 1.15. The first-order valence-corrected chi connectivity index (χ1v) is 11.0. The Morgan fingerprint density at radius 1 is 0.967 bits per heavy atom. The highest BCUT2D eigenvalue weighted by Crippen LogP contribution is 2.27. The van der Waals surface area contributed by atoms with E-state index < -0.39 is 28.3 Å². The second-order valence-corrected chi connectivity index (χ2v) is 8.78. The fourth-order valence-corrected chi connectivity index (χ4v) is 4.46. The lowest BCUT2D eigenvalue weighted by Crippen LogP contribution is -2.41. The average Bonchev–Trinajstić information content (AvgIpc) is 2.75. The van der Waals surface area contributed by atoms with Crippen LogP contribution in [-0.2, 0) is 21.2 Å². The first kappa shape index (κ1) is 21.8. The van der Waals surface area contributed by atoms with Crippen molar-refractivity contribution in [2.45, 2.75) is 11.3 Å². The highest BCUT2D eigenvalue weighted by Gasteiger charge is 2.27. The number of nitrogens with zero attached hydrogens (tertiary/aromatic N) is 1. The van der Waals surface area contributed by atoms with Gasteiger partial charge in [-0.2, -0.15) is 0 Å². The molecule has 0 unspecified atom stereocenters. The van der Waals surface area contributed by atoms with Gasteiger partial charge in [-0.25, -0.2) is 12.8 Å². The molecule has 0 aliphatic carbocycles. The van der Waals surface area contributed by atoms with Crippen LogP contribution in [-0.4, -0.2) is 27.4 Å². The molecule has 0 heterocycles. The summed E-state index contributed by atoms with van der Waals surface area (Å²) >= 11 is 5.84. The number of carbonyl (C=O) groups excluding carboxylic acids is 1. The van der Waals surface area contributed by atoms with Gasteiger partial charge in [-0.05, 0) is 42.3 Å². The molecule has 0 aliphatic heterocycles. The molecule has 8 heteroatoms. The van der Waals surface area contributed by atoms with Crippen molar-refractivity contribution in [1.82, 2.24) is 5.32 Å². The van der Waals surface area contributed by atoms with Crippen molar-refractivity contribution in [3.8, 4) is 0 Å². The van der Waals surface area contributed by atoms with Gasteiger partial charge in [0.25, 0.3) is 10.0 Å². The van der Waals surface area contributed by atoms with E-state index in [4.69, 9.17) is 11.6 Å². The maximum Gasteiger partial charge on any atom is 0.264 e. The van der Waals surface area contributed by atoms with Gasteiger partial charge in [0, 0.05) is 6.54 Å². The Kier molecular flexibility index (Phi) is 7.07. The molecule has 1 amide bonds. The number of hydrogen-bond acceptors (Lipinski definition) is 3. The van der Waals surface area contributed by atoms with E-state index >= 15 is 0 Å². The number of benzene rings is 3. The number of rotatable bonds is 8. The predicted octanol–water partition coefficient (Wildman–Crippen LogP) is 4.03. The number of amides is 1. The SMILES string of the molecule is O=C(CN(c1ccc(F)c(Cl)c1)S(=O)(=O)c1ccccc1)NCCc1ccccc1. The van der Waals surface area contributed by atoms with E-state index in [1.807, 2.05) is 30.3 Å². The van der Waals surface area contributed by atoms with Gasteiger partial charge in [-0.15, -0.1) is 0 Å². The predicted molar refractivity (Wildman–Crippen MR) is 116 cm³/mol. The largest absolute Gasteiger partial charge is 0.354 e. The third-order valence-corrected chi connectivity index (χ3v) is 6.47. The minimum Gasteiger partial charge on any atom is -0.354 e. The molecule has 0 saturated heterocycles. The van der Waals surface area contributed by atoms with E-state index in [1.54, 1.807) is 18.2 Å². The molecule has 0 aromatic heterocycles. The van der Waals surface area contributed by atoms with Crippen LogP contribution in [0.25, 0.3) is 0 Å². The summed E-state index contributed by atoms with van der Waals surface area (Å²) in [6, 6.07) is 20.9. The van der Waals surface area contributed by atoms with Crippen molar-refractivity contribution < 1.29 is 17.6 Å². The Morgan fingerprint density at radius 3 is 2.23 bits per heavy atom. The monoisotopic (exact) mass is 446 g/mol. The number of sulfonamides is 1. The Morgan fingerprint density at radius 2 is 1.60 bits per heavy atom. The number of anilines is 1. The van der Waals surface area contributed by atoms with Crippen LogP contribution in [0.3, 0.4) is 0 Å². The molecule has 3 rings (SSSR count). The van der Waals surface area contributed by atoms with Gasteiger partial charge in [0.05, 0.1) is 15.6 Å². The van der Waals surface area contributed by atoms with Crippen molar-refractivity contribution in [3.05, 3.63) is 95.3 Å². The van der Waals surface area contributed by atoms with Crippen LogP contribution in [0.15, 0.2) is 83.8 Å². The second kappa shape index (κ2) is 9.73. The normalized spacial score (nSPS) is 11.1. The van der Waals surface area contributed by atoms with Gasteiger partial charge in [0.15, 0.2) is 0 Å². The third kappa shape index (κ3) is 5.37. The van der Waals surface area contributed by atoms with Crippen LogP contribution in [0, 0.1) is 5.82 Å². The van der Waals surface area contributed by atoms with Crippen LogP contribution in [0.4, 0.5) is 10.1 Å².